The van der Waals surface area contributed by atoms with Crippen LogP contribution < -0.4 is 5.73 Å². The third kappa shape index (κ3) is 4.56. The first-order valence-electron chi connectivity index (χ1n) is 5.71. The fraction of sp³-hybridized carbons (Fsp3) is 0.583. The molecule has 0 radical (unpaired) electrons. The summed E-state index contributed by atoms with van der Waals surface area (Å²) in [5.74, 6) is 0.788. The maximum Gasteiger partial charge on any atom is 0.0634 e. The number of likely N-dealkylation sites (N-methyl/N-ethyl adjacent to an activating group) is 1. The molecule has 0 aromatic carbocycles. The molecule has 1 aromatic heterocycles. The Labute approximate surface area is 126 Å². The number of aromatic nitrogens is 1. The highest BCUT2D eigenvalue weighted by Crippen LogP contribution is 2.35. The van der Waals surface area contributed by atoms with Gasteiger partial charge in [0.1, 0.15) is 0 Å². The normalized spacial score (nSPS) is 15.8. The van der Waals surface area contributed by atoms with Crippen LogP contribution >= 0.6 is 36.4 Å². The monoisotopic (exact) mass is 311 g/mol. The largest absolute Gasteiger partial charge is 0.329 e. The molecular weight excluding hydrogens is 293 g/mol. The summed E-state index contributed by atoms with van der Waals surface area (Å²) in [6.45, 7) is 1.57. The molecule has 0 amide bonds. The van der Waals surface area contributed by atoms with E-state index in [-0.39, 0.29) is 24.8 Å². The Balaban J connectivity index is 0.00000144. The van der Waals surface area contributed by atoms with Crippen molar-refractivity contribution in [3.05, 3.63) is 29.0 Å². The molecule has 2 rings (SSSR count). The Bertz CT molecular complexity index is 358. The minimum atomic E-state index is 0. The minimum absolute atomic E-state index is 0. The Kier molecular flexibility index (Phi) is 8.15. The Morgan fingerprint density at radius 3 is 2.67 bits per heavy atom. The van der Waals surface area contributed by atoms with Crippen LogP contribution in [-0.4, -0.2) is 29.5 Å². The fourth-order valence-corrected chi connectivity index (χ4v) is 2.31. The molecular formula is C12H20Cl3N3. The molecule has 1 heterocycles. The average Bonchev–Trinajstić information content (AvgIpc) is 3.07. The van der Waals surface area contributed by atoms with Crippen LogP contribution in [0.2, 0.25) is 5.02 Å². The van der Waals surface area contributed by atoms with Gasteiger partial charge in [0.05, 0.1) is 5.02 Å². The summed E-state index contributed by atoms with van der Waals surface area (Å²) < 4.78 is 0. The molecule has 104 valence electrons. The van der Waals surface area contributed by atoms with Crippen LogP contribution in [0.4, 0.5) is 0 Å². The van der Waals surface area contributed by atoms with Crippen molar-refractivity contribution < 1.29 is 0 Å². The lowest BCUT2D eigenvalue weighted by atomic mass is 10.1. The van der Waals surface area contributed by atoms with Gasteiger partial charge in [-0.05, 0) is 37.4 Å². The predicted molar refractivity (Wildman–Crippen MR) is 80.8 cm³/mol. The van der Waals surface area contributed by atoms with Crippen LogP contribution in [0, 0.1) is 5.92 Å². The fourth-order valence-electron chi connectivity index (χ4n) is 2.13. The van der Waals surface area contributed by atoms with Crippen LogP contribution in [0.1, 0.15) is 18.4 Å². The zero-order valence-electron chi connectivity index (χ0n) is 10.4. The van der Waals surface area contributed by atoms with E-state index in [1.165, 1.54) is 12.8 Å². The molecule has 6 heteroatoms. The van der Waals surface area contributed by atoms with Gasteiger partial charge in [0.15, 0.2) is 0 Å². The lowest BCUT2D eigenvalue weighted by molar-refractivity contribution is 0.215. The molecule has 0 spiro atoms. The van der Waals surface area contributed by atoms with E-state index >= 15 is 0 Å². The van der Waals surface area contributed by atoms with Gasteiger partial charge < -0.3 is 5.73 Å². The summed E-state index contributed by atoms with van der Waals surface area (Å²) in [6.07, 6.45) is 6.11. The molecule has 0 bridgehead atoms. The summed E-state index contributed by atoms with van der Waals surface area (Å²) in [7, 11) is 2.12. The van der Waals surface area contributed by atoms with Crippen molar-refractivity contribution in [2.45, 2.75) is 25.4 Å². The zero-order chi connectivity index (χ0) is 11.5. The smallest absolute Gasteiger partial charge is 0.0634 e. The number of hydrogen-bond donors (Lipinski definition) is 1. The summed E-state index contributed by atoms with van der Waals surface area (Å²) in [6, 6.07) is 2.46. The Morgan fingerprint density at radius 2 is 2.17 bits per heavy atom. The molecule has 0 aliphatic heterocycles. The van der Waals surface area contributed by atoms with E-state index in [9.17, 15) is 0 Å². The summed E-state index contributed by atoms with van der Waals surface area (Å²) in [5.41, 5.74) is 6.94. The van der Waals surface area contributed by atoms with E-state index in [0.29, 0.717) is 6.04 Å². The van der Waals surface area contributed by atoms with Gasteiger partial charge in [-0.1, -0.05) is 11.6 Å². The number of pyridine rings is 1. The highest BCUT2D eigenvalue weighted by molar-refractivity contribution is 6.31. The van der Waals surface area contributed by atoms with Crippen LogP contribution in [0.25, 0.3) is 0 Å². The molecule has 1 aromatic rings. The van der Waals surface area contributed by atoms with E-state index in [1.54, 1.807) is 12.4 Å². The highest BCUT2D eigenvalue weighted by Gasteiger charge is 2.32. The van der Waals surface area contributed by atoms with E-state index < -0.39 is 0 Å². The Hall–Kier alpha value is -0.0600. The molecule has 0 saturated heterocycles. The summed E-state index contributed by atoms with van der Waals surface area (Å²) >= 11 is 6.09. The van der Waals surface area contributed by atoms with Crippen molar-refractivity contribution in [3.8, 4) is 0 Å². The van der Waals surface area contributed by atoms with Gasteiger partial charge >= 0.3 is 0 Å². The molecule has 1 unspecified atom stereocenters. The van der Waals surface area contributed by atoms with Crippen molar-refractivity contribution in [1.82, 2.24) is 9.88 Å². The van der Waals surface area contributed by atoms with Crippen LogP contribution in [0.15, 0.2) is 18.5 Å². The van der Waals surface area contributed by atoms with E-state index in [1.807, 2.05) is 6.07 Å². The average molecular weight is 313 g/mol. The van der Waals surface area contributed by atoms with E-state index in [2.05, 4.69) is 16.9 Å². The third-order valence-electron chi connectivity index (χ3n) is 3.25. The van der Waals surface area contributed by atoms with Gasteiger partial charge in [-0.2, -0.15) is 0 Å². The number of hydrogen-bond acceptors (Lipinski definition) is 3. The lowest BCUT2D eigenvalue weighted by Gasteiger charge is -2.27. The molecule has 3 nitrogen and oxygen atoms in total. The third-order valence-corrected chi connectivity index (χ3v) is 3.59. The molecule has 1 aliphatic rings. The quantitative estimate of drug-likeness (QED) is 0.909. The minimum Gasteiger partial charge on any atom is -0.329 e. The molecule has 2 N–H and O–H groups in total. The summed E-state index contributed by atoms with van der Waals surface area (Å²) in [4.78, 5) is 6.29. The molecule has 1 atom stereocenters. The van der Waals surface area contributed by atoms with Crippen molar-refractivity contribution in [2.24, 2.45) is 11.7 Å². The van der Waals surface area contributed by atoms with E-state index in [4.69, 9.17) is 17.3 Å². The standard InChI is InChI=1S/C12H18ClN3.2ClH/c1-16(12(6-14)9-2-3-9)8-10-4-5-15-7-11(10)13;;/h4-5,7,9,12H,2-3,6,8,14H2,1H3;2*1H. The zero-order valence-corrected chi connectivity index (χ0v) is 12.8. The first-order valence-corrected chi connectivity index (χ1v) is 6.09. The molecule has 1 saturated carbocycles. The van der Waals surface area contributed by atoms with Gasteiger partial charge in [0.2, 0.25) is 0 Å². The van der Waals surface area contributed by atoms with Crippen LogP contribution in [0.3, 0.4) is 0 Å². The predicted octanol–water partition coefficient (Wildman–Crippen LogP) is 2.75. The number of nitrogens with zero attached hydrogens (tertiary/aromatic N) is 2. The van der Waals surface area contributed by atoms with E-state index in [0.717, 1.165) is 29.6 Å². The molecule has 1 aliphatic carbocycles. The lowest BCUT2D eigenvalue weighted by Crippen LogP contribution is -2.39. The number of halogens is 3. The van der Waals surface area contributed by atoms with Gasteiger partial charge in [0.25, 0.3) is 0 Å². The molecule has 18 heavy (non-hydrogen) atoms. The highest BCUT2D eigenvalue weighted by atomic mass is 35.5. The second-order valence-corrected chi connectivity index (χ2v) is 4.93. The summed E-state index contributed by atoms with van der Waals surface area (Å²) in [5, 5.41) is 0.737. The van der Waals surface area contributed by atoms with Gasteiger partial charge in [0, 0.05) is 31.5 Å². The van der Waals surface area contributed by atoms with Gasteiger partial charge in [-0.15, -0.1) is 24.8 Å². The SMILES string of the molecule is CN(Cc1ccncc1Cl)C(CN)C1CC1.Cl.Cl. The van der Waals surface area contributed by atoms with Crippen molar-refractivity contribution in [3.63, 3.8) is 0 Å². The number of nitrogens with two attached hydrogens (primary N) is 1. The van der Waals surface area contributed by atoms with Crippen molar-refractivity contribution in [1.29, 1.82) is 0 Å². The first kappa shape index (κ1) is 17.9. The van der Waals surface area contributed by atoms with Crippen molar-refractivity contribution in [2.75, 3.05) is 13.6 Å². The maximum absolute atomic E-state index is 6.09. The van der Waals surface area contributed by atoms with Crippen molar-refractivity contribution >= 4 is 36.4 Å². The van der Waals surface area contributed by atoms with Gasteiger partial charge in [-0.3, -0.25) is 9.88 Å². The van der Waals surface area contributed by atoms with Crippen LogP contribution in [-0.2, 0) is 6.54 Å². The topological polar surface area (TPSA) is 42.2 Å². The number of rotatable bonds is 5. The second kappa shape index (κ2) is 8.18. The maximum atomic E-state index is 6.09. The molecule has 1 fully saturated rings. The first-order chi connectivity index (χ1) is 7.72. The van der Waals surface area contributed by atoms with Gasteiger partial charge in [-0.25, -0.2) is 0 Å². The second-order valence-electron chi connectivity index (χ2n) is 4.52. The Morgan fingerprint density at radius 1 is 1.50 bits per heavy atom. The van der Waals surface area contributed by atoms with Crippen LogP contribution in [0.5, 0.6) is 0 Å².